The number of aliphatic carboxylic acids is 1. The van der Waals surface area contributed by atoms with E-state index in [1.807, 2.05) is 20.8 Å². The molecule has 6 heteroatoms. The van der Waals surface area contributed by atoms with E-state index in [9.17, 15) is 9.59 Å². The molecule has 0 aromatic heterocycles. The Labute approximate surface area is 126 Å². The summed E-state index contributed by atoms with van der Waals surface area (Å²) >= 11 is 0. The number of carbonyl (C=O) groups is 2. The van der Waals surface area contributed by atoms with E-state index in [-0.39, 0.29) is 24.1 Å². The Balaban J connectivity index is 2.15. The molecule has 0 aromatic rings. The normalized spacial score (nSPS) is 22.3. The van der Waals surface area contributed by atoms with E-state index in [4.69, 9.17) is 9.84 Å². The zero-order valence-electron chi connectivity index (χ0n) is 13.3. The maximum absolute atomic E-state index is 11.8. The summed E-state index contributed by atoms with van der Waals surface area (Å²) in [4.78, 5) is 22.3. The molecule has 2 unspecified atom stereocenters. The van der Waals surface area contributed by atoms with E-state index < -0.39 is 5.97 Å². The third kappa shape index (κ3) is 7.90. The van der Waals surface area contributed by atoms with Gasteiger partial charge in [0, 0.05) is 25.6 Å². The van der Waals surface area contributed by atoms with Gasteiger partial charge in [0.2, 0.25) is 0 Å². The molecule has 0 aromatic carbocycles. The zero-order chi connectivity index (χ0) is 15.9. The van der Waals surface area contributed by atoms with Crippen LogP contribution in [-0.2, 0) is 9.53 Å². The molecule has 1 aliphatic rings. The molecule has 6 nitrogen and oxygen atoms in total. The molecule has 2 atom stereocenters. The van der Waals surface area contributed by atoms with Crippen LogP contribution >= 0.6 is 0 Å². The van der Waals surface area contributed by atoms with Gasteiger partial charge < -0.3 is 20.5 Å². The van der Waals surface area contributed by atoms with Gasteiger partial charge >= 0.3 is 12.0 Å². The van der Waals surface area contributed by atoms with Gasteiger partial charge in [-0.15, -0.1) is 0 Å². The van der Waals surface area contributed by atoms with Gasteiger partial charge in [-0.1, -0.05) is 6.92 Å². The number of hydrogen-bond donors (Lipinski definition) is 3. The Hall–Kier alpha value is -1.30. The maximum atomic E-state index is 11.8. The molecule has 0 bridgehead atoms. The summed E-state index contributed by atoms with van der Waals surface area (Å²) in [7, 11) is 0. The van der Waals surface area contributed by atoms with Crippen molar-refractivity contribution in [2.24, 2.45) is 5.92 Å². The minimum Gasteiger partial charge on any atom is -0.481 e. The van der Waals surface area contributed by atoms with E-state index >= 15 is 0 Å². The predicted molar refractivity (Wildman–Crippen MR) is 80.2 cm³/mol. The molecule has 122 valence electrons. The molecule has 3 N–H and O–H groups in total. The van der Waals surface area contributed by atoms with Crippen molar-refractivity contribution in [3.05, 3.63) is 0 Å². The second-order valence-corrected chi connectivity index (χ2v) is 6.52. The number of carboxylic acids is 1. The summed E-state index contributed by atoms with van der Waals surface area (Å²) in [6, 6.07) is 0.00122. The highest BCUT2D eigenvalue weighted by molar-refractivity contribution is 5.74. The van der Waals surface area contributed by atoms with E-state index in [0.717, 1.165) is 19.3 Å². The van der Waals surface area contributed by atoms with E-state index in [0.29, 0.717) is 25.5 Å². The minimum absolute atomic E-state index is 0.150. The molecule has 21 heavy (non-hydrogen) atoms. The molecule has 0 spiro atoms. The van der Waals surface area contributed by atoms with Gasteiger partial charge in [-0.3, -0.25) is 4.79 Å². The van der Waals surface area contributed by atoms with Crippen molar-refractivity contribution in [3.8, 4) is 0 Å². The number of carboxylic acid groups (broad SMARTS) is 1. The number of rotatable bonds is 7. The summed E-state index contributed by atoms with van der Waals surface area (Å²) in [6.45, 7) is 7.30. The predicted octanol–water partition coefficient (Wildman–Crippen LogP) is 2.13. The first-order chi connectivity index (χ1) is 9.78. The first kappa shape index (κ1) is 17.8. The van der Waals surface area contributed by atoms with Gasteiger partial charge in [0.1, 0.15) is 0 Å². The molecule has 1 heterocycles. The van der Waals surface area contributed by atoms with Crippen LogP contribution in [0.2, 0.25) is 0 Å². The topological polar surface area (TPSA) is 87.7 Å². The fraction of sp³-hybridized carbons (Fsp3) is 0.867. The molecule has 1 fully saturated rings. The van der Waals surface area contributed by atoms with Gasteiger partial charge in [-0.2, -0.15) is 0 Å². The zero-order valence-corrected chi connectivity index (χ0v) is 13.3. The Kier molecular flexibility index (Phi) is 6.95. The summed E-state index contributed by atoms with van der Waals surface area (Å²) in [5.41, 5.74) is -0.179. The van der Waals surface area contributed by atoms with Crippen LogP contribution in [0.4, 0.5) is 4.79 Å². The van der Waals surface area contributed by atoms with Gasteiger partial charge in [0.25, 0.3) is 0 Å². The summed E-state index contributed by atoms with van der Waals surface area (Å²) < 4.78 is 5.62. The SMILES string of the molecule is CC(CCNC(=O)NC1CCOC(C)(C)C1)CCC(=O)O. The maximum Gasteiger partial charge on any atom is 0.315 e. The highest BCUT2D eigenvalue weighted by atomic mass is 16.5. The first-order valence-corrected chi connectivity index (χ1v) is 7.68. The average molecular weight is 300 g/mol. The van der Waals surface area contributed by atoms with Crippen LogP contribution in [0.25, 0.3) is 0 Å². The van der Waals surface area contributed by atoms with Crippen LogP contribution in [0.5, 0.6) is 0 Å². The van der Waals surface area contributed by atoms with Crippen LogP contribution < -0.4 is 10.6 Å². The third-order valence-electron chi connectivity index (χ3n) is 3.81. The van der Waals surface area contributed by atoms with Crippen LogP contribution in [0.1, 0.15) is 52.9 Å². The fourth-order valence-corrected chi connectivity index (χ4v) is 2.54. The van der Waals surface area contributed by atoms with Gasteiger partial charge in [0.15, 0.2) is 0 Å². The highest BCUT2D eigenvalue weighted by Gasteiger charge is 2.29. The van der Waals surface area contributed by atoms with Crippen molar-refractivity contribution < 1.29 is 19.4 Å². The minimum atomic E-state index is -0.769. The molecule has 0 aliphatic carbocycles. The lowest BCUT2D eigenvalue weighted by molar-refractivity contribution is -0.137. The van der Waals surface area contributed by atoms with Gasteiger partial charge in [-0.25, -0.2) is 4.79 Å². The fourth-order valence-electron chi connectivity index (χ4n) is 2.54. The van der Waals surface area contributed by atoms with Crippen LogP contribution in [0, 0.1) is 5.92 Å². The molecular weight excluding hydrogens is 272 g/mol. The molecule has 1 saturated heterocycles. The number of hydrogen-bond acceptors (Lipinski definition) is 3. The number of carbonyl (C=O) groups excluding carboxylic acids is 1. The van der Waals surface area contributed by atoms with E-state index in [1.54, 1.807) is 0 Å². The lowest BCUT2D eigenvalue weighted by atomic mass is 9.94. The van der Waals surface area contributed by atoms with E-state index in [2.05, 4.69) is 10.6 Å². The third-order valence-corrected chi connectivity index (χ3v) is 3.81. The van der Waals surface area contributed by atoms with Crippen molar-refractivity contribution in [2.45, 2.75) is 64.5 Å². The lowest BCUT2D eigenvalue weighted by Crippen LogP contribution is -2.49. The van der Waals surface area contributed by atoms with Crippen molar-refractivity contribution in [3.63, 3.8) is 0 Å². The molecule has 0 radical (unpaired) electrons. The highest BCUT2D eigenvalue weighted by Crippen LogP contribution is 2.23. The average Bonchev–Trinajstić information content (AvgIpc) is 2.35. The van der Waals surface area contributed by atoms with Crippen molar-refractivity contribution in [1.29, 1.82) is 0 Å². The second-order valence-electron chi connectivity index (χ2n) is 6.52. The standard InChI is InChI=1S/C15H28N2O4/c1-11(4-5-13(18)19)6-8-16-14(20)17-12-7-9-21-15(2,3)10-12/h11-12H,4-10H2,1-3H3,(H,18,19)(H2,16,17,20). The Morgan fingerprint density at radius 1 is 1.38 bits per heavy atom. The summed E-state index contributed by atoms with van der Waals surface area (Å²) in [5, 5.41) is 14.4. The number of ether oxygens (including phenoxy) is 1. The van der Waals surface area contributed by atoms with Crippen molar-refractivity contribution >= 4 is 12.0 Å². The monoisotopic (exact) mass is 300 g/mol. The molecule has 1 rings (SSSR count). The number of nitrogens with one attached hydrogen (secondary N) is 2. The van der Waals surface area contributed by atoms with Crippen LogP contribution in [0.3, 0.4) is 0 Å². The van der Waals surface area contributed by atoms with Crippen LogP contribution in [-0.4, -0.2) is 41.9 Å². The number of amides is 2. The van der Waals surface area contributed by atoms with Crippen molar-refractivity contribution in [2.75, 3.05) is 13.2 Å². The Bertz CT molecular complexity index is 358. The van der Waals surface area contributed by atoms with Crippen molar-refractivity contribution in [1.82, 2.24) is 10.6 Å². The summed E-state index contributed by atoms with van der Waals surface area (Å²) in [5.74, 6) is -0.474. The number of urea groups is 1. The van der Waals surface area contributed by atoms with E-state index in [1.165, 1.54) is 0 Å². The Morgan fingerprint density at radius 2 is 2.10 bits per heavy atom. The first-order valence-electron chi connectivity index (χ1n) is 7.68. The van der Waals surface area contributed by atoms with Crippen LogP contribution in [0.15, 0.2) is 0 Å². The van der Waals surface area contributed by atoms with Gasteiger partial charge in [-0.05, 0) is 45.4 Å². The summed E-state index contributed by atoms with van der Waals surface area (Å²) in [6.07, 6.45) is 3.28. The molecule has 0 saturated carbocycles. The largest absolute Gasteiger partial charge is 0.481 e. The molecule has 2 amide bonds. The molecular formula is C15H28N2O4. The lowest BCUT2D eigenvalue weighted by Gasteiger charge is -2.35. The van der Waals surface area contributed by atoms with Gasteiger partial charge in [0.05, 0.1) is 5.60 Å². The second kappa shape index (κ2) is 8.22. The molecule has 1 aliphatic heterocycles. The quantitative estimate of drug-likeness (QED) is 0.672. The smallest absolute Gasteiger partial charge is 0.315 e. The Morgan fingerprint density at radius 3 is 2.71 bits per heavy atom.